The summed E-state index contributed by atoms with van der Waals surface area (Å²) in [4.78, 5) is 12.4. The zero-order valence-electron chi connectivity index (χ0n) is 12.5. The molecule has 0 unspecified atom stereocenters. The number of benzene rings is 2. The molecule has 0 N–H and O–H groups in total. The van der Waals surface area contributed by atoms with E-state index < -0.39 is 5.60 Å². The molecular formula is C18H20O2. The summed E-state index contributed by atoms with van der Waals surface area (Å²) in [5, 5.41) is 2.13. The van der Waals surface area contributed by atoms with Gasteiger partial charge in [-0.05, 0) is 55.7 Å². The van der Waals surface area contributed by atoms with E-state index in [-0.39, 0.29) is 5.97 Å². The molecule has 0 aliphatic heterocycles. The van der Waals surface area contributed by atoms with E-state index in [1.54, 1.807) is 0 Å². The molecule has 20 heavy (non-hydrogen) atoms. The van der Waals surface area contributed by atoms with Crippen molar-refractivity contribution < 1.29 is 9.53 Å². The van der Waals surface area contributed by atoms with Crippen LogP contribution in [0, 0.1) is 0 Å². The standard InChI is InChI=1S/C18H20O2/c1-12(2)16-14-9-7-6-8-13(14)10-11-15(16)17(19)20-18(3,4)5/h6-11H,1H2,2-5H3. The number of fused-ring (bicyclic) bond motifs is 1. The van der Waals surface area contributed by atoms with Gasteiger partial charge in [0, 0.05) is 0 Å². The highest BCUT2D eigenvalue weighted by atomic mass is 16.6. The van der Waals surface area contributed by atoms with Crippen LogP contribution in [0.15, 0.2) is 43.0 Å². The predicted octanol–water partition coefficient (Wildman–Crippen LogP) is 4.83. The smallest absolute Gasteiger partial charge is 0.339 e. The van der Waals surface area contributed by atoms with E-state index in [1.807, 2.05) is 64.1 Å². The summed E-state index contributed by atoms with van der Waals surface area (Å²) in [5.74, 6) is -0.304. The van der Waals surface area contributed by atoms with Gasteiger partial charge in [0.25, 0.3) is 0 Å². The predicted molar refractivity (Wildman–Crippen MR) is 83.8 cm³/mol. The first-order valence-electron chi connectivity index (χ1n) is 6.70. The molecule has 0 bridgehead atoms. The largest absolute Gasteiger partial charge is 0.456 e. The average molecular weight is 268 g/mol. The number of rotatable bonds is 2. The third-order valence-electron chi connectivity index (χ3n) is 2.97. The molecule has 2 aromatic rings. The Bertz CT molecular complexity index is 675. The SMILES string of the molecule is C=C(C)c1c(C(=O)OC(C)(C)C)ccc2ccccc12. The number of carbonyl (C=O) groups is 1. The minimum Gasteiger partial charge on any atom is -0.456 e. The first kappa shape index (κ1) is 14.3. The van der Waals surface area contributed by atoms with E-state index in [0.717, 1.165) is 21.9 Å². The van der Waals surface area contributed by atoms with Crippen molar-refractivity contribution in [3.8, 4) is 0 Å². The van der Waals surface area contributed by atoms with Crippen molar-refractivity contribution >= 4 is 22.3 Å². The van der Waals surface area contributed by atoms with E-state index in [4.69, 9.17) is 4.74 Å². The fourth-order valence-corrected chi connectivity index (χ4v) is 2.23. The average Bonchev–Trinajstić information content (AvgIpc) is 2.35. The van der Waals surface area contributed by atoms with Crippen LogP contribution in [0.3, 0.4) is 0 Å². The molecule has 0 aliphatic carbocycles. The van der Waals surface area contributed by atoms with E-state index in [1.165, 1.54) is 0 Å². The second kappa shape index (κ2) is 5.12. The van der Waals surface area contributed by atoms with Crippen molar-refractivity contribution in [2.24, 2.45) is 0 Å². The Morgan fingerprint density at radius 3 is 2.35 bits per heavy atom. The molecule has 104 valence electrons. The van der Waals surface area contributed by atoms with E-state index in [0.29, 0.717) is 5.56 Å². The lowest BCUT2D eigenvalue weighted by Crippen LogP contribution is -2.24. The van der Waals surface area contributed by atoms with Crippen LogP contribution >= 0.6 is 0 Å². The highest BCUT2D eigenvalue weighted by molar-refractivity contribution is 6.04. The van der Waals surface area contributed by atoms with Gasteiger partial charge in [-0.15, -0.1) is 0 Å². The van der Waals surface area contributed by atoms with Gasteiger partial charge < -0.3 is 4.74 Å². The molecule has 0 fully saturated rings. The summed E-state index contributed by atoms with van der Waals surface area (Å²) in [6.45, 7) is 11.5. The molecular weight excluding hydrogens is 248 g/mol. The maximum Gasteiger partial charge on any atom is 0.339 e. The molecule has 0 spiro atoms. The van der Waals surface area contributed by atoms with Crippen LogP contribution in [0.2, 0.25) is 0 Å². The summed E-state index contributed by atoms with van der Waals surface area (Å²) in [6, 6.07) is 11.8. The molecule has 0 heterocycles. The number of hydrogen-bond acceptors (Lipinski definition) is 2. The monoisotopic (exact) mass is 268 g/mol. The lowest BCUT2D eigenvalue weighted by Gasteiger charge is -2.21. The number of hydrogen-bond donors (Lipinski definition) is 0. The molecule has 2 heteroatoms. The van der Waals surface area contributed by atoms with Crippen LogP contribution < -0.4 is 0 Å². The molecule has 2 aromatic carbocycles. The van der Waals surface area contributed by atoms with Crippen LogP contribution in [0.1, 0.15) is 43.6 Å². The molecule has 0 radical (unpaired) electrons. The second-order valence-corrected chi connectivity index (χ2v) is 5.99. The van der Waals surface area contributed by atoms with Gasteiger partial charge in [-0.2, -0.15) is 0 Å². The van der Waals surface area contributed by atoms with Gasteiger partial charge >= 0.3 is 5.97 Å². The van der Waals surface area contributed by atoms with Crippen LogP contribution in [-0.2, 0) is 4.74 Å². The topological polar surface area (TPSA) is 26.3 Å². The minimum atomic E-state index is -0.505. The molecule has 0 saturated carbocycles. The van der Waals surface area contributed by atoms with Crippen molar-refractivity contribution in [3.63, 3.8) is 0 Å². The number of ether oxygens (including phenoxy) is 1. The van der Waals surface area contributed by atoms with Gasteiger partial charge in [0.2, 0.25) is 0 Å². The Balaban J connectivity index is 2.62. The number of allylic oxidation sites excluding steroid dienone is 1. The molecule has 2 nitrogen and oxygen atoms in total. The summed E-state index contributed by atoms with van der Waals surface area (Å²) in [7, 11) is 0. The van der Waals surface area contributed by atoms with Crippen LogP contribution in [0.4, 0.5) is 0 Å². The Hall–Kier alpha value is -2.09. The summed E-state index contributed by atoms with van der Waals surface area (Å²) in [6.07, 6.45) is 0. The zero-order chi connectivity index (χ0) is 14.9. The Morgan fingerprint density at radius 2 is 1.75 bits per heavy atom. The van der Waals surface area contributed by atoms with Crippen molar-refractivity contribution in [3.05, 3.63) is 54.1 Å². The van der Waals surface area contributed by atoms with E-state index in [9.17, 15) is 4.79 Å². The quantitative estimate of drug-likeness (QED) is 0.729. The zero-order valence-corrected chi connectivity index (χ0v) is 12.5. The molecule has 2 rings (SSSR count). The molecule has 0 aliphatic rings. The van der Waals surface area contributed by atoms with Crippen molar-refractivity contribution in [2.45, 2.75) is 33.3 Å². The first-order chi connectivity index (χ1) is 9.29. The van der Waals surface area contributed by atoms with E-state index >= 15 is 0 Å². The van der Waals surface area contributed by atoms with Crippen molar-refractivity contribution in [1.29, 1.82) is 0 Å². The second-order valence-electron chi connectivity index (χ2n) is 5.99. The Labute approximate surface area is 120 Å². The fraction of sp³-hybridized carbons (Fsp3) is 0.278. The van der Waals surface area contributed by atoms with Gasteiger partial charge in [-0.1, -0.05) is 36.9 Å². The fourth-order valence-electron chi connectivity index (χ4n) is 2.23. The van der Waals surface area contributed by atoms with Crippen LogP contribution in [-0.4, -0.2) is 11.6 Å². The van der Waals surface area contributed by atoms with Gasteiger partial charge in [-0.25, -0.2) is 4.79 Å². The summed E-state index contributed by atoms with van der Waals surface area (Å²) in [5.41, 5.74) is 1.81. The Morgan fingerprint density at radius 1 is 1.10 bits per heavy atom. The Kier molecular flexibility index (Phi) is 3.67. The van der Waals surface area contributed by atoms with Gasteiger partial charge in [-0.3, -0.25) is 0 Å². The highest BCUT2D eigenvalue weighted by Gasteiger charge is 2.21. The normalized spacial score (nSPS) is 11.4. The summed E-state index contributed by atoms with van der Waals surface area (Å²) >= 11 is 0. The van der Waals surface area contributed by atoms with Crippen molar-refractivity contribution in [1.82, 2.24) is 0 Å². The molecule has 0 saturated heterocycles. The molecule has 0 aromatic heterocycles. The lowest BCUT2D eigenvalue weighted by atomic mass is 9.94. The number of esters is 1. The highest BCUT2D eigenvalue weighted by Crippen LogP contribution is 2.29. The van der Waals surface area contributed by atoms with Crippen LogP contribution in [0.25, 0.3) is 16.3 Å². The molecule has 0 amide bonds. The lowest BCUT2D eigenvalue weighted by molar-refractivity contribution is 0.00694. The van der Waals surface area contributed by atoms with E-state index in [2.05, 4.69) is 6.58 Å². The molecule has 0 atom stereocenters. The maximum atomic E-state index is 12.4. The van der Waals surface area contributed by atoms with Gasteiger partial charge in [0.05, 0.1) is 5.56 Å². The number of carbonyl (C=O) groups excluding carboxylic acids is 1. The van der Waals surface area contributed by atoms with Gasteiger partial charge in [0.1, 0.15) is 5.60 Å². The summed E-state index contributed by atoms with van der Waals surface area (Å²) < 4.78 is 5.48. The van der Waals surface area contributed by atoms with Crippen LogP contribution in [0.5, 0.6) is 0 Å². The van der Waals surface area contributed by atoms with Gasteiger partial charge in [0.15, 0.2) is 0 Å². The third-order valence-corrected chi connectivity index (χ3v) is 2.97. The maximum absolute atomic E-state index is 12.4. The minimum absolute atomic E-state index is 0.304. The van der Waals surface area contributed by atoms with Crippen molar-refractivity contribution in [2.75, 3.05) is 0 Å². The first-order valence-corrected chi connectivity index (χ1v) is 6.70. The third kappa shape index (κ3) is 2.90.